The van der Waals surface area contributed by atoms with Gasteiger partial charge in [-0.15, -0.1) is 0 Å². The van der Waals surface area contributed by atoms with Crippen LogP contribution < -0.4 is 0 Å². The molecule has 1 aliphatic heterocycles. The number of carbonyl (C=O) groups is 1. The minimum Gasteiger partial charge on any atom is -0.342 e. The molecule has 1 saturated heterocycles. The number of aryl methyl sites for hydroxylation is 3. The molecule has 0 saturated carbocycles. The second-order valence-corrected chi connectivity index (χ2v) is 6.04. The van der Waals surface area contributed by atoms with Crippen molar-refractivity contribution in [2.45, 2.75) is 32.1 Å². The lowest BCUT2D eigenvalue weighted by Gasteiger charge is -2.16. The average Bonchev–Trinajstić information content (AvgIpc) is 3.12. The van der Waals surface area contributed by atoms with Crippen molar-refractivity contribution < 1.29 is 4.79 Å². The van der Waals surface area contributed by atoms with Gasteiger partial charge in [-0.05, 0) is 31.4 Å². The van der Waals surface area contributed by atoms with Gasteiger partial charge in [-0.1, -0.05) is 6.07 Å². The summed E-state index contributed by atoms with van der Waals surface area (Å²) < 4.78 is 2.09. The van der Waals surface area contributed by atoms with Gasteiger partial charge < -0.3 is 9.47 Å². The zero-order valence-electron chi connectivity index (χ0n) is 13.2. The third-order valence-electron chi connectivity index (χ3n) is 4.29. The second kappa shape index (κ2) is 6.30. The lowest BCUT2D eigenvalue weighted by Crippen LogP contribution is -2.28. The summed E-state index contributed by atoms with van der Waals surface area (Å²) in [5.74, 6) is 1.69. The molecular formula is C17H22N4O. The van der Waals surface area contributed by atoms with E-state index in [1.54, 1.807) is 6.20 Å². The molecule has 5 nitrogen and oxygen atoms in total. The van der Waals surface area contributed by atoms with Crippen LogP contribution in [0.2, 0.25) is 0 Å². The standard InChI is InChI=1S/C17H22N4O/c1-13-11-20(2)17(19-13)15-7-9-21(12-15)16(22)6-5-14-4-3-8-18-10-14/h3-4,8,10-11,15H,5-7,9,12H2,1-2H3. The number of rotatable bonds is 4. The Morgan fingerprint density at radius 3 is 3.00 bits per heavy atom. The second-order valence-electron chi connectivity index (χ2n) is 6.04. The largest absolute Gasteiger partial charge is 0.342 e. The first-order valence-electron chi connectivity index (χ1n) is 7.80. The highest BCUT2D eigenvalue weighted by molar-refractivity contribution is 5.76. The molecule has 0 N–H and O–H groups in total. The van der Waals surface area contributed by atoms with E-state index in [0.717, 1.165) is 43.0 Å². The maximum absolute atomic E-state index is 12.4. The zero-order valence-corrected chi connectivity index (χ0v) is 13.2. The number of aromatic nitrogens is 3. The normalized spacial score (nSPS) is 17.9. The number of pyridine rings is 1. The first kappa shape index (κ1) is 14.8. The van der Waals surface area contributed by atoms with E-state index in [2.05, 4.69) is 14.5 Å². The molecule has 1 aliphatic rings. The van der Waals surface area contributed by atoms with Crippen LogP contribution in [0.15, 0.2) is 30.7 Å². The third kappa shape index (κ3) is 3.18. The molecule has 1 fully saturated rings. The van der Waals surface area contributed by atoms with Gasteiger partial charge in [0, 0.05) is 51.1 Å². The maximum Gasteiger partial charge on any atom is 0.222 e. The molecule has 2 aromatic heterocycles. The minimum atomic E-state index is 0.234. The molecule has 1 amide bonds. The Labute approximate surface area is 131 Å². The number of likely N-dealkylation sites (tertiary alicyclic amines) is 1. The summed E-state index contributed by atoms with van der Waals surface area (Å²) in [4.78, 5) is 23.0. The number of nitrogens with zero attached hydrogens (tertiary/aromatic N) is 4. The molecule has 0 spiro atoms. The van der Waals surface area contributed by atoms with Gasteiger partial charge >= 0.3 is 0 Å². The van der Waals surface area contributed by atoms with Gasteiger partial charge in [0.05, 0.1) is 5.69 Å². The van der Waals surface area contributed by atoms with E-state index in [-0.39, 0.29) is 5.91 Å². The van der Waals surface area contributed by atoms with Crippen LogP contribution in [0, 0.1) is 6.92 Å². The molecule has 5 heteroatoms. The summed E-state index contributed by atoms with van der Waals surface area (Å²) in [5, 5.41) is 0. The topological polar surface area (TPSA) is 51.0 Å². The first-order valence-corrected chi connectivity index (χ1v) is 7.80. The predicted octanol–water partition coefficient (Wildman–Crippen LogP) is 2.07. The molecule has 3 heterocycles. The van der Waals surface area contributed by atoms with Crippen LogP contribution in [-0.2, 0) is 18.3 Å². The van der Waals surface area contributed by atoms with Crippen LogP contribution in [0.1, 0.15) is 35.8 Å². The van der Waals surface area contributed by atoms with Gasteiger partial charge in [0.15, 0.2) is 0 Å². The minimum absolute atomic E-state index is 0.234. The quantitative estimate of drug-likeness (QED) is 0.868. The van der Waals surface area contributed by atoms with Crippen molar-refractivity contribution in [1.82, 2.24) is 19.4 Å². The molecule has 3 rings (SSSR count). The molecule has 1 unspecified atom stereocenters. The van der Waals surface area contributed by atoms with Gasteiger partial charge in [0.2, 0.25) is 5.91 Å². The average molecular weight is 298 g/mol. The van der Waals surface area contributed by atoms with Crippen molar-refractivity contribution in [3.8, 4) is 0 Å². The van der Waals surface area contributed by atoms with E-state index in [1.165, 1.54) is 0 Å². The zero-order chi connectivity index (χ0) is 15.5. The molecular weight excluding hydrogens is 276 g/mol. The third-order valence-corrected chi connectivity index (χ3v) is 4.29. The number of imidazole rings is 1. The molecule has 116 valence electrons. The van der Waals surface area contributed by atoms with E-state index in [0.29, 0.717) is 12.3 Å². The number of amides is 1. The van der Waals surface area contributed by atoms with Crippen molar-refractivity contribution in [2.24, 2.45) is 7.05 Å². The van der Waals surface area contributed by atoms with Gasteiger partial charge in [0.1, 0.15) is 5.82 Å². The van der Waals surface area contributed by atoms with E-state index in [4.69, 9.17) is 0 Å². The van der Waals surface area contributed by atoms with Crippen molar-refractivity contribution in [3.63, 3.8) is 0 Å². The van der Waals surface area contributed by atoms with Crippen molar-refractivity contribution in [1.29, 1.82) is 0 Å². The van der Waals surface area contributed by atoms with E-state index < -0.39 is 0 Å². The molecule has 1 atom stereocenters. The lowest BCUT2D eigenvalue weighted by molar-refractivity contribution is -0.130. The van der Waals surface area contributed by atoms with Crippen LogP contribution in [0.5, 0.6) is 0 Å². The van der Waals surface area contributed by atoms with Crippen LogP contribution in [0.4, 0.5) is 0 Å². The van der Waals surface area contributed by atoms with Gasteiger partial charge in [-0.2, -0.15) is 0 Å². The van der Waals surface area contributed by atoms with Gasteiger partial charge in [0.25, 0.3) is 0 Å². The van der Waals surface area contributed by atoms with Crippen LogP contribution in [0.25, 0.3) is 0 Å². The van der Waals surface area contributed by atoms with Crippen LogP contribution in [-0.4, -0.2) is 38.4 Å². The monoisotopic (exact) mass is 298 g/mol. The molecule has 0 bridgehead atoms. The summed E-state index contributed by atoms with van der Waals surface area (Å²) >= 11 is 0. The Kier molecular flexibility index (Phi) is 4.22. The summed E-state index contributed by atoms with van der Waals surface area (Å²) in [6.07, 6.45) is 7.94. The Bertz CT molecular complexity index is 650. The summed E-state index contributed by atoms with van der Waals surface area (Å²) in [7, 11) is 2.03. The first-order chi connectivity index (χ1) is 10.6. The molecule has 0 aliphatic carbocycles. The number of hydrogen-bond acceptors (Lipinski definition) is 3. The van der Waals surface area contributed by atoms with Gasteiger partial charge in [-0.25, -0.2) is 4.98 Å². The Morgan fingerprint density at radius 2 is 2.32 bits per heavy atom. The SMILES string of the molecule is Cc1cn(C)c(C2CCN(C(=O)CCc3cccnc3)C2)n1. The van der Waals surface area contributed by atoms with Crippen molar-refractivity contribution in [2.75, 3.05) is 13.1 Å². The fraction of sp³-hybridized carbons (Fsp3) is 0.471. The lowest BCUT2D eigenvalue weighted by atomic mass is 10.1. The highest BCUT2D eigenvalue weighted by Crippen LogP contribution is 2.26. The smallest absolute Gasteiger partial charge is 0.222 e. The molecule has 0 aromatic carbocycles. The number of carbonyl (C=O) groups excluding carboxylic acids is 1. The molecule has 2 aromatic rings. The summed E-state index contributed by atoms with van der Waals surface area (Å²) in [5.41, 5.74) is 2.16. The molecule has 22 heavy (non-hydrogen) atoms. The Balaban J connectivity index is 1.56. The summed E-state index contributed by atoms with van der Waals surface area (Å²) in [6, 6.07) is 3.93. The fourth-order valence-corrected chi connectivity index (χ4v) is 3.17. The highest BCUT2D eigenvalue weighted by Gasteiger charge is 2.29. The van der Waals surface area contributed by atoms with E-state index in [9.17, 15) is 4.79 Å². The Morgan fingerprint density at radius 1 is 1.45 bits per heavy atom. The fourth-order valence-electron chi connectivity index (χ4n) is 3.17. The van der Waals surface area contributed by atoms with E-state index in [1.807, 2.05) is 43.4 Å². The molecule has 0 radical (unpaired) electrons. The van der Waals surface area contributed by atoms with E-state index >= 15 is 0 Å². The van der Waals surface area contributed by atoms with Crippen LogP contribution >= 0.6 is 0 Å². The Hall–Kier alpha value is -2.17. The number of hydrogen-bond donors (Lipinski definition) is 0. The van der Waals surface area contributed by atoms with Crippen molar-refractivity contribution >= 4 is 5.91 Å². The summed E-state index contributed by atoms with van der Waals surface area (Å²) in [6.45, 7) is 3.63. The predicted molar refractivity (Wildman–Crippen MR) is 84.4 cm³/mol. The van der Waals surface area contributed by atoms with Crippen molar-refractivity contribution in [3.05, 3.63) is 47.8 Å². The van der Waals surface area contributed by atoms with Gasteiger partial charge in [-0.3, -0.25) is 9.78 Å². The maximum atomic E-state index is 12.4. The highest BCUT2D eigenvalue weighted by atomic mass is 16.2. The van der Waals surface area contributed by atoms with Crippen LogP contribution in [0.3, 0.4) is 0 Å².